The van der Waals surface area contributed by atoms with E-state index in [0.29, 0.717) is 5.56 Å². The van der Waals surface area contributed by atoms with E-state index < -0.39 is 0 Å². The quantitative estimate of drug-likeness (QED) is 0.165. The van der Waals surface area contributed by atoms with Gasteiger partial charge in [-0.3, -0.25) is 0 Å². The maximum absolute atomic E-state index is 11.0. The zero-order valence-electron chi connectivity index (χ0n) is 38.6. The third kappa shape index (κ3) is 5.68. The highest BCUT2D eigenvalue weighted by molar-refractivity contribution is 7.00. The van der Waals surface area contributed by atoms with Crippen LogP contribution in [0.2, 0.25) is 0 Å². The van der Waals surface area contributed by atoms with Crippen molar-refractivity contribution in [1.82, 2.24) is 4.57 Å². The number of nitriles is 1. The Bertz CT molecular complexity index is 3690. The van der Waals surface area contributed by atoms with Gasteiger partial charge in [0.05, 0.1) is 45.4 Å². The van der Waals surface area contributed by atoms with Crippen LogP contribution in [-0.4, -0.2) is 11.3 Å². The highest BCUT2D eigenvalue weighted by Crippen LogP contribution is 2.53. The number of anilines is 9. The first-order chi connectivity index (χ1) is 32.5. The Balaban J connectivity index is 1.11. The lowest BCUT2D eigenvalue weighted by molar-refractivity contribution is 0.590. The maximum Gasteiger partial charge on any atom is 0.252 e. The zero-order chi connectivity index (χ0) is 45.5. The Labute approximate surface area is 392 Å². The van der Waals surface area contributed by atoms with E-state index in [1.165, 1.54) is 49.3 Å². The lowest BCUT2D eigenvalue weighted by Gasteiger charge is -2.46. The average molecular weight is 862 g/mol. The molecular formula is C61H48BN5. The summed E-state index contributed by atoms with van der Waals surface area (Å²) in [5.41, 5.74) is 20.2. The van der Waals surface area contributed by atoms with Crippen LogP contribution in [0.3, 0.4) is 0 Å². The topological polar surface area (TPSA) is 38.4 Å². The van der Waals surface area contributed by atoms with E-state index in [0.717, 1.165) is 67.6 Å². The first-order valence-corrected chi connectivity index (χ1v) is 23.4. The molecule has 10 aromatic rings. The zero-order valence-corrected chi connectivity index (χ0v) is 38.6. The van der Waals surface area contributed by atoms with E-state index >= 15 is 0 Å². The number of nitrogens with zero attached hydrogens (tertiary/aromatic N) is 5. The third-order valence-corrected chi connectivity index (χ3v) is 14.6. The highest BCUT2D eigenvalue weighted by Gasteiger charge is 2.46. The molecule has 0 N–H and O–H groups in total. The van der Waals surface area contributed by atoms with E-state index in [1.807, 2.05) is 0 Å². The summed E-state index contributed by atoms with van der Waals surface area (Å²) in [4.78, 5) is 7.32. The predicted octanol–water partition coefficient (Wildman–Crippen LogP) is 14.3. The van der Waals surface area contributed by atoms with Crippen molar-refractivity contribution in [2.24, 2.45) is 0 Å². The SMILES string of the molecule is CC(C)(C)c1ccc(N(c2ccc(C(C)(C)C)cc2)c2ccc3c(c2)N(c2cccc4ccccc24)c2cc(C#N)cc4c2B3c2cccc3c2N4c2cccc4c5ccccc5n-3c24)cc1. The molecule has 13 rings (SSSR count). The van der Waals surface area contributed by atoms with Gasteiger partial charge >= 0.3 is 0 Å². The van der Waals surface area contributed by atoms with Gasteiger partial charge in [0.2, 0.25) is 0 Å². The van der Waals surface area contributed by atoms with Crippen LogP contribution >= 0.6 is 0 Å². The normalized spacial score (nSPS) is 13.4. The second-order valence-corrected chi connectivity index (χ2v) is 20.6. The molecule has 4 heterocycles. The molecule has 0 bridgehead atoms. The number of benzene rings is 9. The van der Waals surface area contributed by atoms with Crippen LogP contribution in [-0.2, 0) is 10.8 Å². The minimum Gasteiger partial charge on any atom is -0.311 e. The molecule has 67 heavy (non-hydrogen) atoms. The lowest BCUT2D eigenvalue weighted by Crippen LogP contribution is -2.61. The second-order valence-electron chi connectivity index (χ2n) is 20.6. The molecule has 0 spiro atoms. The van der Waals surface area contributed by atoms with E-state index in [1.54, 1.807) is 0 Å². The minimum atomic E-state index is -0.118. The number of para-hydroxylation sites is 3. The fourth-order valence-corrected chi connectivity index (χ4v) is 11.4. The van der Waals surface area contributed by atoms with Gasteiger partial charge in [-0.25, -0.2) is 0 Å². The van der Waals surface area contributed by atoms with Crippen molar-refractivity contribution in [3.05, 3.63) is 199 Å². The Kier molecular flexibility index (Phi) is 8.23. The highest BCUT2D eigenvalue weighted by atomic mass is 15.2. The largest absolute Gasteiger partial charge is 0.311 e. The number of hydrogen-bond donors (Lipinski definition) is 0. The average Bonchev–Trinajstić information content (AvgIpc) is 3.68. The van der Waals surface area contributed by atoms with Crippen molar-refractivity contribution in [2.75, 3.05) is 14.7 Å². The van der Waals surface area contributed by atoms with Crippen LogP contribution < -0.4 is 31.1 Å². The van der Waals surface area contributed by atoms with Crippen molar-refractivity contribution in [1.29, 1.82) is 5.26 Å². The van der Waals surface area contributed by atoms with Gasteiger partial charge in [-0.2, -0.15) is 5.26 Å². The van der Waals surface area contributed by atoms with Crippen LogP contribution in [0.5, 0.6) is 0 Å². The summed E-state index contributed by atoms with van der Waals surface area (Å²) in [5, 5.41) is 15.8. The molecule has 0 saturated carbocycles. The third-order valence-electron chi connectivity index (χ3n) is 14.6. The summed E-state index contributed by atoms with van der Waals surface area (Å²) in [6, 6.07) is 69.8. The van der Waals surface area contributed by atoms with Gasteiger partial charge in [-0.15, -0.1) is 0 Å². The Morgan fingerprint density at radius 2 is 1.03 bits per heavy atom. The van der Waals surface area contributed by atoms with Crippen LogP contribution in [0.4, 0.5) is 51.2 Å². The number of hydrogen-bond acceptors (Lipinski definition) is 4. The van der Waals surface area contributed by atoms with Gasteiger partial charge < -0.3 is 19.3 Å². The summed E-state index contributed by atoms with van der Waals surface area (Å²) < 4.78 is 2.47. The van der Waals surface area contributed by atoms with Gasteiger partial charge in [-0.05, 0) is 117 Å². The van der Waals surface area contributed by atoms with Crippen molar-refractivity contribution < 1.29 is 0 Å². The molecule has 3 aliphatic heterocycles. The number of aromatic nitrogens is 1. The van der Waals surface area contributed by atoms with E-state index in [-0.39, 0.29) is 17.5 Å². The summed E-state index contributed by atoms with van der Waals surface area (Å²) in [6.45, 7) is 13.5. The van der Waals surface area contributed by atoms with Gasteiger partial charge in [0, 0.05) is 50.3 Å². The van der Waals surface area contributed by atoms with E-state index in [9.17, 15) is 5.26 Å². The molecule has 9 aromatic carbocycles. The summed E-state index contributed by atoms with van der Waals surface area (Å²) >= 11 is 0. The number of fused-ring (bicyclic) bond motifs is 10. The molecule has 0 saturated heterocycles. The summed E-state index contributed by atoms with van der Waals surface area (Å²) in [6.07, 6.45) is 0. The smallest absolute Gasteiger partial charge is 0.252 e. The molecule has 0 aliphatic carbocycles. The standard InChI is InChI=1S/C61H48BN5/c1-60(2,3)40-24-28-42(29-25-40)64(43-30-26-41(27-31-43)61(4,5)6)44-32-33-48-54(36-44)65(50-21-11-15-39-14-7-8-16-45(39)50)55-34-38(37-63)35-56-57(55)62(48)49-19-13-23-53-59(49)67(56)52-22-12-18-47-46-17-9-10-20-51(46)66(53)58(47)52/h7-36H,1-6H3. The van der Waals surface area contributed by atoms with Gasteiger partial charge in [-0.1, -0.05) is 151 Å². The van der Waals surface area contributed by atoms with Crippen LogP contribution in [0, 0.1) is 11.3 Å². The molecule has 6 heteroatoms. The minimum absolute atomic E-state index is 0.0196. The van der Waals surface area contributed by atoms with Crippen LogP contribution in [0.25, 0.3) is 38.3 Å². The fraction of sp³-hybridized carbons (Fsp3) is 0.131. The Morgan fingerprint density at radius 1 is 0.463 bits per heavy atom. The molecule has 0 atom stereocenters. The lowest BCUT2D eigenvalue weighted by atomic mass is 9.33. The summed E-state index contributed by atoms with van der Waals surface area (Å²) in [7, 11) is 0. The van der Waals surface area contributed by atoms with Crippen LogP contribution in [0.15, 0.2) is 182 Å². The van der Waals surface area contributed by atoms with Crippen molar-refractivity contribution in [3.63, 3.8) is 0 Å². The Morgan fingerprint density at radius 3 is 1.73 bits per heavy atom. The fourth-order valence-electron chi connectivity index (χ4n) is 11.4. The van der Waals surface area contributed by atoms with Crippen molar-refractivity contribution in [3.8, 4) is 11.8 Å². The van der Waals surface area contributed by atoms with Crippen molar-refractivity contribution >= 4 is 107 Å². The molecule has 3 aliphatic rings. The van der Waals surface area contributed by atoms with E-state index in [4.69, 9.17) is 0 Å². The summed E-state index contributed by atoms with van der Waals surface area (Å²) in [5.74, 6) is 0. The molecule has 0 fully saturated rings. The van der Waals surface area contributed by atoms with E-state index in [2.05, 4.69) is 249 Å². The van der Waals surface area contributed by atoms with Crippen molar-refractivity contribution in [2.45, 2.75) is 52.4 Å². The Hall–Kier alpha value is -8.01. The van der Waals surface area contributed by atoms with Gasteiger partial charge in [0.25, 0.3) is 6.71 Å². The number of rotatable bonds is 4. The monoisotopic (exact) mass is 861 g/mol. The maximum atomic E-state index is 11.0. The van der Waals surface area contributed by atoms with Crippen LogP contribution in [0.1, 0.15) is 58.2 Å². The molecule has 0 unspecified atom stereocenters. The molecule has 0 amide bonds. The molecule has 1 aromatic heterocycles. The van der Waals surface area contributed by atoms with Gasteiger partial charge in [0.15, 0.2) is 0 Å². The molecular weight excluding hydrogens is 814 g/mol. The molecule has 0 radical (unpaired) electrons. The van der Waals surface area contributed by atoms with Gasteiger partial charge in [0.1, 0.15) is 0 Å². The second kappa shape index (κ2) is 14.0. The first kappa shape index (κ1) is 39.4. The first-order valence-electron chi connectivity index (χ1n) is 23.4. The predicted molar refractivity (Wildman–Crippen MR) is 283 cm³/mol. The molecule has 320 valence electrons. The molecule has 5 nitrogen and oxygen atoms in total.